The molecule has 0 fully saturated rings. The van der Waals surface area contributed by atoms with Crippen molar-refractivity contribution in [1.82, 2.24) is 0 Å². The summed E-state index contributed by atoms with van der Waals surface area (Å²) < 4.78 is 4.81. The normalized spacial score (nSPS) is 9.69. The molecule has 0 saturated carbocycles. The Balaban J connectivity index is 2.61. The zero-order valence-corrected chi connectivity index (χ0v) is 7.75. The summed E-state index contributed by atoms with van der Waals surface area (Å²) in [6, 6.07) is 6.50. The van der Waals surface area contributed by atoms with Gasteiger partial charge < -0.3 is 10.5 Å². The molecule has 13 heavy (non-hydrogen) atoms. The van der Waals surface area contributed by atoms with Crippen LogP contribution in [0.25, 0.3) is 0 Å². The Bertz CT molecular complexity index is 284. The second-order valence-corrected chi connectivity index (χ2v) is 2.87. The van der Waals surface area contributed by atoms with Gasteiger partial charge in [-0.25, -0.2) is 4.79 Å². The summed E-state index contributed by atoms with van der Waals surface area (Å²) in [5, 5.41) is 0.593. The summed E-state index contributed by atoms with van der Waals surface area (Å²) in [6.45, 7) is 0.570. The van der Waals surface area contributed by atoms with Crippen LogP contribution in [-0.2, 0) is 4.74 Å². The molecule has 0 aliphatic heterocycles. The Labute approximate surface area is 81.4 Å². The summed E-state index contributed by atoms with van der Waals surface area (Å²) in [5.74, 6) is -0.373. The van der Waals surface area contributed by atoms with Crippen LogP contribution >= 0.6 is 11.6 Å². The van der Waals surface area contributed by atoms with Crippen molar-refractivity contribution in [2.75, 3.05) is 13.2 Å². The number of ether oxygens (including phenoxy) is 1. The van der Waals surface area contributed by atoms with Crippen LogP contribution in [0.5, 0.6) is 0 Å². The molecule has 0 bridgehead atoms. The lowest BCUT2D eigenvalue weighted by molar-refractivity contribution is 0.0517. The molecule has 2 N–H and O–H groups in total. The Hall–Kier alpha value is -1.06. The van der Waals surface area contributed by atoms with Crippen molar-refractivity contribution >= 4 is 17.6 Å². The van der Waals surface area contributed by atoms with Gasteiger partial charge in [-0.1, -0.05) is 11.6 Å². The number of hydrogen-bond acceptors (Lipinski definition) is 3. The molecule has 4 heteroatoms. The van der Waals surface area contributed by atoms with E-state index in [0.29, 0.717) is 17.1 Å². The quantitative estimate of drug-likeness (QED) is 0.750. The number of hydrogen-bond donors (Lipinski definition) is 1. The Morgan fingerprint density at radius 3 is 2.54 bits per heavy atom. The van der Waals surface area contributed by atoms with E-state index >= 15 is 0 Å². The summed E-state index contributed by atoms with van der Waals surface area (Å²) in [7, 11) is 0. The largest absolute Gasteiger partial charge is 0.461 e. The minimum atomic E-state index is -0.373. The first-order valence-electron chi connectivity index (χ1n) is 3.87. The van der Waals surface area contributed by atoms with Gasteiger partial charge in [0, 0.05) is 11.6 Å². The molecule has 0 atom stereocenters. The molecule has 0 aromatic heterocycles. The van der Waals surface area contributed by atoms with Crippen LogP contribution in [0, 0.1) is 0 Å². The standard InChI is InChI=1S/C9H10ClNO2/c10-8-3-1-7(2-4-8)9(12)13-6-5-11/h1-4H,5-6,11H2. The van der Waals surface area contributed by atoms with Gasteiger partial charge in [-0.05, 0) is 24.3 Å². The first kappa shape index (κ1) is 10.0. The van der Waals surface area contributed by atoms with E-state index in [4.69, 9.17) is 22.1 Å². The van der Waals surface area contributed by atoms with E-state index in [1.54, 1.807) is 24.3 Å². The fraction of sp³-hybridized carbons (Fsp3) is 0.222. The third-order valence-electron chi connectivity index (χ3n) is 1.43. The second-order valence-electron chi connectivity index (χ2n) is 2.43. The van der Waals surface area contributed by atoms with Crippen molar-refractivity contribution in [3.8, 4) is 0 Å². The highest BCUT2D eigenvalue weighted by molar-refractivity contribution is 6.30. The van der Waals surface area contributed by atoms with Gasteiger partial charge in [0.1, 0.15) is 6.61 Å². The van der Waals surface area contributed by atoms with E-state index < -0.39 is 0 Å². The molecule has 0 spiro atoms. The highest BCUT2D eigenvalue weighted by atomic mass is 35.5. The highest BCUT2D eigenvalue weighted by Gasteiger charge is 2.04. The average Bonchev–Trinajstić information content (AvgIpc) is 2.15. The second kappa shape index (κ2) is 4.84. The van der Waals surface area contributed by atoms with Crippen molar-refractivity contribution in [1.29, 1.82) is 0 Å². The maximum atomic E-state index is 11.2. The predicted molar refractivity (Wildman–Crippen MR) is 50.8 cm³/mol. The van der Waals surface area contributed by atoms with Gasteiger partial charge in [0.15, 0.2) is 0 Å². The Morgan fingerprint density at radius 1 is 1.38 bits per heavy atom. The van der Waals surface area contributed by atoms with Gasteiger partial charge in [-0.3, -0.25) is 0 Å². The van der Waals surface area contributed by atoms with Crippen molar-refractivity contribution in [3.63, 3.8) is 0 Å². The zero-order valence-electron chi connectivity index (χ0n) is 7.00. The molecule has 0 aliphatic carbocycles. The monoisotopic (exact) mass is 199 g/mol. The van der Waals surface area contributed by atoms with Crippen molar-refractivity contribution in [2.24, 2.45) is 5.73 Å². The molecular formula is C9H10ClNO2. The lowest BCUT2D eigenvalue weighted by Gasteiger charge is -2.02. The number of carbonyl (C=O) groups excluding carboxylic acids is 1. The molecule has 70 valence electrons. The smallest absolute Gasteiger partial charge is 0.338 e. The van der Waals surface area contributed by atoms with Gasteiger partial charge in [0.2, 0.25) is 0 Å². The van der Waals surface area contributed by atoms with Crippen LogP contribution in [-0.4, -0.2) is 19.1 Å². The number of carbonyl (C=O) groups is 1. The van der Waals surface area contributed by atoms with Crippen LogP contribution in [0.4, 0.5) is 0 Å². The van der Waals surface area contributed by atoms with Crippen LogP contribution < -0.4 is 5.73 Å². The minimum absolute atomic E-state index is 0.238. The predicted octanol–water partition coefficient (Wildman–Crippen LogP) is 1.46. The maximum Gasteiger partial charge on any atom is 0.338 e. The van der Waals surface area contributed by atoms with Crippen LogP contribution in [0.15, 0.2) is 24.3 Å². The van der Waals surface area contributed by atoms with Crippen molar-refractivity contribution in [3.05, 3.63) is 34.9 Å². The van der Waals surface area contributed by atoms with Crippen LogP contribution in [0.2, 0.25) is 5.02 Å². The molecule has 0 saturated heterocycles. The fourth-order valence-corrected chi connectivity index (χ4v) is 0.947. The molecule has 1 aromatic carbocycles. The lowest BCUT2D eigenvalue weighted by Crippen LogP contribution is -2.13. The van der Waals surface area contributed by atoms with Gasteiger partial charge in [0.25, 0.3) is 0 Å². The van der Waals surface area contributed by atoms with E-state index in [1.807, 2.05) is 0 Å². The fourth-order valence-electron chi connectivity index (χ4n) is 0.821. The van der Waals surface area contributed by atoms with E-state index in [2.05, 4.69) is 0 Å². The molecule has 0 unspecified atom stereocenters. The van der Waals surface area contributed by atoms with E-state index in [-0.39, 0.29) is 12.6 Å². The van der Waals surface area contributed by atoms with Gasteiger partial charge >= 0.3 is 5.97 Å². The van der Waals surface area contributed by atoms with Gasteiger partial charge in [0.05, 0.1) is 5.56 Å². The maximum absolute atomic E-state index is 11.2. The first-order chi connectivity index (χ1) is 6.24. The molecule has 3 nitrogen and oxygen atoms in total. The number of nitrogens with two attached hydrogens (primary N) is 1. The topological polar surface area (TPSA) is 52.3 Å². The summed E-state index contributed by atoms with van der Waals surface area (Å²) in [6.07, 6.45) is 0. The zero-order chi connectivity index (χ0) is 9.68. The molecular weight excluding hydrogens is 190 g/mol. The summed E-state index contributed by atoms with van der Waals surface area (Å²) in [5.41, 5.74) is 5.66. The molecule has 0 amide bonds. The average molecular weight is 200 g/mol. The number of rotatable bonds is 3. The third kappa shape index (κ3) is 3.05. The number of benzene rings is 1. The van der Waals surface area contributed by atoms with E-state index in [9.17, 15) is 4.79 Å². The van der Waals surface area contributed by atoms with E-state index in [0.717, 1.165) is 0 Å². The van der Waals surface area contributed by atoms with Gasteiger partial charge in [-0.15, -0.1) is 0 Å². The van der Waals surface area contributed by atoms with Crippen molar-refractivity contribution < 1.29 is 9.53 Å². The third-order valence-corrected chi connectivity index (χ3v) is 1.68. The number of esters is 1. The van der Waals surface area contributed by atoms with Gasteiger partial charge in [-0.2, -0.15) is 0 Å². The number of halogens is 1. The molecule has 0 heterocycles. The van der Waals surface area contributed by atoms with Crippen molar-refractivity contribution in [2.45, 2.75) is 0 Å². The molecule has 0 aliphatic rings. The Kier molecular flexibility index (Phi) is 3.73. The lowest BCUT2D eigenvalue weighted by atomic mass is 10.2. The Morgan fingerprint density at radius 2 is 2.00 bits per heavy atom. The van der Waals surface area contributed by atoms with Crippen LogP contribution in [0.3, 0.4) is 0 Å². The molecule has 1 aromatic rings. The SMILES string of the molecule is NCCOC(=O)c1ccc(Cl)cc1. The van der Waals surface area contributed by atoms with E-state index in [1.165, 1.54) is 0 Å². The van der Waals surface area contributed by atoms with Crippen LogP contribution in [0.1, 0.15) is 10.4 Å². The minimum Gasteiger partial charge on any atom is -0.461 e. The summed E-state index contributed by atoms with van der Waals surface area (Å²) in [4.78, 5) is 11.2. The summed E-state index contributed by atoms with van der Waals surface area (Å²) >= 11 is 5.65. The first-order valence-corrected chi connectivity index (χ1v) is 4.24. The molecule has 1 rings (SSSR count). The molecule has 0 radical (unpaired) electrons. The highest BCUT2D eigenvalue weighted by Crippen LogP contribution is 2.10.